The van der Waals surface area contributed by atoms with E-state index < -0.39 is 78.5 Å². The number of nitrogens with two attached hydrogens (primary N) is 1. The molecular formula is C48H53N7O8S. The number of benzene rings is 4. The Morgan fingerprint density at radius 2 is 1.34 bits per heavy atom. The average molecular weight is 888 g/mol. The number of anilines is 1. The number of amides is 6. The van der Waals surface area contributed by atoms with E-state index >= 15 is 0 Å². The quantitative estimate of drug-likeness (QED) is 0.0955. The molecule has 0 saturated heterocycles. The summed E-state index contributed by atoms with van der Waals surface area (Å²) in [5.74, 6) is -5.41. The molecule has 16 heteroatoms. The van der Waals surface area contributed by atoms with Gasteiger partial charge in [0, 0.05) is 36.2 Å². The van der Waals surface area contributed by atoms with Gasteiger partial charge < -0.3 is 42.7 Å². The molecule has 3 heterocycles. The van der Waals surface area contributed by atoms with Crippen LogP contribution in [-0.4, -0.2) is 83.8 Å². The highest BCUT2D eigenvalue weighted by Crippen LogP contribution is 2.19. The molecule has 5 aromatic rings. The Hall–Kier alpha value is -7.17. The molecule has 0 spiro atoms. The van der Waals surface area contributed by atoms with Gasteiger partial charge in [0.05, 0.1) is 13.0 Å². The third-order valence-electron chi connectivity index (χ3n) is 10.1. The molecule has 4 atom stereocenters. The summed E-state index contributed by atoms with van der Waals surface area (Å²) >= 11 is 1.35. The van der Waals surface area contributed by atoms with Gasteiger partial charge >= 0.3 is 5.97 Å². The molecule has 1 aromatic heterocycles. The molecule has 2 aliphatic heterocycles. The molecular weight excluding hydrogens is 835 g/mol. The Bertz CT molecular complexity index is 2330. The smallest absolute Gasteiger partial charge is 0.326 e. The van der Waals surface area contributed by atoms with Crippen molar-refractivity contribution in [1.82, 2.24) is 26.6 Å². The summed E-state index contributed by atoms with van der Waals surface area (Å²) in [5, 5.41) is 27.2. The number of rotatable bonds is 10. The van der Waals surface area contributed by atoms with Crippen LogP contribution in [0.25, 0.3) is 11.1 Å². The van der Waals surface area contributed by atoms with Gasteiger partial charge in [-0.2, -0.15) is 0 Å². The van der Waals surface area contributed by atoms with Crippen molar-refractivity contribution in [2.45, 2.75) is 69.6 Å². The third kappa shape index (κ3) is 15.6. The van der Waals surface area contributed by atoms with Gasteiger partial charge in [0.25, 0.3) is 0 Å². The standard InChI is InChI=1S/C35H41N7O8S.C13H12/c36-14-4-9-29(43)39-27-19-30(44)40-26(18-24-8-5-15-51-24)32(46)37-20-31(45)41-25(16-21-6-2-1-3-7-21)34(48)42-28(35(49)50)17-22-10-12-23(13-11-22)38-33(27)47;1-11-7-9-13(10-8-11)12-5-3-2-4-6-12/h1-3,5-8,10-13,15,25-28H,4,9,14,16-20,36H2,(H,37,46)(H,38,47)(H,39,43)(H,40,44)(H,41,45)(H,42,48)(H,49,50);2-10H,1H3/t25-,26-,27+,28+;/m1./s1. The van der Waals surface area contributed by atoms with Gasteiger partial charge in [0.15, 0.2) is 0 Å². The highest BCUT2D eigenvalue weighted by molar-refractivity contribution is 7.09. The summed E-state index contributed by atoms with van der Waals surface area (Å²) in [6, 6.07) is 32.5. The van der Waals surface area contributed by atoms with Crippen LogP contribution in [0.2, 0.25) is 0 Å². The fourth-order valence-electron chi connectivity index (χ4n) is 6.65. The van der Waals surface area contributed by atoms with E-state index in [1.54, 1.807) is 60.0 Å². The molecule has 0 radical (unpaired) electrons. The lowest BCUT2D eigenvalue weighted by atomic mass is 10.0. The van der Waals surface area contributed by atoms with Gasteiger partial charge in [-0.1, -0.05) is 109 Å². The Labute approximate surface area is 375 Å². The van der Waals surface area contributed by atoms with Crippen LogP contribution in [0, 0.1) is 6.92 Å². The van der Waals surface area contributed by atoms with E-state index in [1.807, 2.05) is 6.07 Å². The van der Waals surface area contributed by atoms with Crippen molar-refractivity contribution < 1.29 is 38.7 Å². The van der Waals surface area contributed by atoms with Crippen LogP contribution in [0.3, 0.4) is 0 Å². The van der Waals surface area contributed by atoms with Crippen LogP contribution in [0.15, 0.2) is 127 Å². The minimum atomic E-state index is -1.37. The van der Waals surface area contributed by atoms with Gasteiger partial charge in [0.1, 0.15) is 24.2 Å². The van der Waals surface area contributed by atoms with E-state index in [0.717, 1.165) is 4.88 Å². The van der Waals surface area contributed by atoms with Crippen LogP contribution in [-0.2, 0) is 52.8 Å². The summed E-state index contributed by atoms with van der Waals surface area (Å²) in [5.41, 5.74) is 10.9. The normalized spacial score (nSPS) is 18.6. The van der Waals surface area contributed by atoms with Crippen LogP contribution in [0.4, 0.5) is 5.69 Å². The van der Waals surface area contributed by atoms with Crippen molar-refractivity contribution in [2.75, 3.05) is 18.4 Å². The lowest BCUT2D eigenvalue weighted by Crippen LogP contribution is -2.55. The second-order valence-electron chi connectivity index (χ2n) is 15.2. The molecule has 2 bridgehead atoms. The monoisotopic (exact) mass is 887 g/mol. The van der Waals surface area contributed by atoms with Gasteiger partial charge in [-0.15, -0.1) is 11.3 Å². The van der Waals surface area contributed by atoms with Crippen molar-refractivity contribution in [1.29, 1.82) is 0 Å². The van der Waals surface area contributed by atoms with E-state index in [9.17, 15) is 38.7 Å². The van der Waals surface area contributed by atoms with Crippen molar-refractivity contribution in [3.8, 4) is 11.1 Å². The summed E-state index contributed by atoms with van der Waals surface area (Å²) < 4.78 is 0. The summed E-state index contributed by atoms with van der Waals surface area (Å²) in [6.45, 7) is 1.79. The van der Waals surface area contributed by atoms with E-state index in [2.05, 4.69) is 87.4 Å². The van der Waals surface area contributed by atoms with Crippen molar-refractivity contribution in [3.63, 3.8) is 0 Å². The average Bonchev–Trinajstić information content (AvgIpc) is 3.81. The van der Waals surface area contributed by atoms with E-state index in [-0.39, 0.29) is 32.2 Å². The number of carboxylic acids is 1. The maximum atomic E-state index is 13.5. The molecule has 7 rings (SSSR count). The van der Waals surface area contributed by atoms with Crippen LogP contribution >= 0.6 is 11.3 Å². The zero-order valence-electron chi connectivity index (χ0n) is 35.4. The first kappa shape index (κ1) is 47.9. The Balaban J connectivity index is 0.000000502. The lowest BCUT2D eigenvalue weighted by molar-refractivity contribution is -0.142. The number of carboxylic acid groups (broad SMARTS) is 1. The lowest BCUT2D eigenvalue weighted by Gasteiger charge is -2.23. The van der Waals surface area contributed by atoms with Gasteiger partial charge in [0.2, 0.25) is 35.4 Å². The second kappa shape index (κ2) is 24.5. The zero-order chi connectivity index (χ0) is 45.8. The first-order valence-corrected chi connectivity index (χ1v) is 21.7. The number of hydrogen-bond donors (Lipinski definition) is 8. The number of hydrogen-bond acceptors (Lipinski definition) is 9. The Morgan fingerprint density at radius 3 is 1.98 bits per heavy atom. The SMILES string of the molecule is Cc1ccc(-c2ccccc2)cc1.NCCCC(=O)N[C@H]1CC(=O)N[C@H](Cc2cccs2)C(=O)NCC(=O)N[C@H](Cc2ccccc2)C(=O)N[C@H](C(=O)O)Cc2ccc(cc2)NC1=O. The van der Waals surface area contributed by atoms with Gasteiger partial charge in [-0.3, -0.25) is 28.8 Å². The Morgan fingerprint density at radius 1 is 0.703 bits per heavy atom. The maximum Gasteiger partial charge on any atom is 0.326 e. The number of aryl methyl sites for hydroxylation is 1. The molecule has 0 saturated carbocycles. The van der Waals surface area contributed by atoms with E-state index in [4.69, 9.17) is 5.73 Å². The molecule has 15 nitrogen and oxygen atoms in total. The highest BCUT2D eigenvalue weighted by Gasteiger charge is 2.30. The fourth-order valence-corrected chi connectivity index (χ4v) is 7.40. The number of carbonyl (C=O) groups is 7. The number of nitrogens with one attached hydrogen (secondary N) is 6. The van der Waals surface area contributed by atoms with E-state index in [1.165, 1.54) is 40.2 Å². The minimum absolute atomic E-state index is 0.0234. The molecule has 6 amide bonds. The third-order valence-corrected chi connectivity index (χ3v) is 11.0. The Kier molecular flexibility index (Phi) is 18.3. The summed E-state index contributed by atoms with van der Waals surface area (Å²) in [4.78, 5) is 92.3. The zero-order valence-corrected chi connectivity index (χ0v) is 36.2. The molecule has 2 aliphatic rings. The molecule has 64 heavy (non-hydrogen) atoms. The fraction of sp³-hybridized carbons (Fsp3) is 0.271. The summed E-state index contributed by atoms with van der Waals surface area (Å²) in [6.07, 6.45) is -0.150. The summed E-state index contributed by atoms with van der Waals surface area (Å²) in [7, 11) is 0. The first-order valence-electron chi connectivity index (χ1n) is 20.8. The number of thiophene rings is 1. The second-order valence-corrected chi connectivity index (χ2v) is 16.2. The number of aliphatic carboxylic acids is 1. The molecule has 0 aliphatic carbocycles. The largest absolute Gasteiger partial charge is 0.480 e. The maximum absolute atomic E-state index is 13.5. The van der Waals surface area contributed by atoms with Crippen molar-refractivity contribution >= 4 is 58.4 Å². The minimum Gasteiger partial charge on any atom is -0.480 e. The van der Waals surface area contributed by atoms with Gasteiger partial charge in [-0.05, 0) is 65.7 Å². The predicted octanol–water partition coefficient (Wildman–Crippen LogP) is 3.66. The first-order chi connectivity index (χ1) is 30.9. The van der Waals surface area contributed by atoms with Crippen LogP contribution < -0.4 is 37.6 Å². The van der Waals surface area contributed by atoms with Crippen LogP contribution in [0.1, 0.15) is 40.8 Å². The molecule has 0 unspecified atom stereocenters. The van der Waals surface area contributed by atoms with Crippen LogP contribution in [0.5, 0.6) is 0 Å². The topological polar surface area (TPSA) is 238 Å². The van der Waals surface area contributed by atoms with Crippen molar-refractivity contribution in [3.05, 3.63) is 148 Å². The highest BCUT2D eigenvalue weighted by atomic mass is 32.1. The van der Waals surface area contributed by atoms with Gasteiger partial charge in [-0.25, -0.2) is 4.79 Å². The molecule has 4 aromatic carbocycles. The molecule has 0 fully saturated rings. The predicted molar refractivity (Wildman–Crippen MR) is 245 cm³/mol. The number of fused-ring (bicyclic) bond motifs is 18. The van der Waals surface area contributed by atoms with E-state index in [0.29, 0.717) is 23.2 Å². The molecule has 334 valence electrons. The van der Waals surface area contributed by atoms with Crippen molar-refractivity contribution in [2.24, 2.45) is 5.73 Å². The number of carbonyl (C=O) groups excluding carboxylic acids is 6. The molecule has 9 N–H and O–H groups in total.